The standard InChI is InChI=1S/C21H20N2O3S/c1-14(24)16-4-3-5-17(12-16)21-23-19(13-27-21)20(25)22-11-10-15-6-8-18(26-2)9-7-15/h3-9,12-13H,10-11H2,1-2H3,(H,22,25). The van der Waals surface area contributed by atoms with Gasteiger partial charge in [-0.15, -0.1) is 11.3 Å². The third-order valence-electron chi connectivity index (χ3n) is 4.11. The van der Waals surface area contributed by atoms with Crippen LogP contribution in [0, 0.1) is 0 Å². The van der Waals surface area contributed by atoms with Gasteiger partial charge in [-0.3, -0.25) is 9.59 Å². The molecule has 2 aromatic carbocycles. The van der Waals surface area contributed by atoms with Crippen LogP contribution in [0.5, 0.6) is 5.75 Å². The number of thiazole rings is 1. The normalized spacial score (nSPS) is 10.4. The summed E-state index contributed by atoms with van der Waals surface area (Å²) in [6.07, 6.45) is 0.730. The first-order valence-electron chi connectivity index (χ1n) is 8.55. The first-order valence-corrected chi connectivity index (χ1v) is 9.43. The molecule has 1 amide bonds. The first-order chi connectivity index (χ1) is 13.1. The van der Waals surface area contributed by atoms with Crippen LogP contribution in [0.2, 0.25) is 0 Å². The van der Waals surface area contributed by atoms with E-state index in [1.54, 1.807) is 24.6 Å². The number of methoxy groups -OCH3 is 1. The Kier molecular flexibility index (Phi) is 5.98. The molecule has 3 aromatic rings. The molecule has 5 nitrogen and oxygen atoms in total. The fourth-order valence-corrected chi connectivity index (χ4v) is 3.38. The van der Waals surface area contributed by atoms with E-state index >= 15 is 0 Å². The number of carbonyl (C=O) groups is 2. The Morgan fingerprint density at radius 2 is 1.93 bits per heavy atom. The van der Waals surface area contributed by atoms with E-state index in [0.717, 1.165) is 28.3 Å². The van der Waals surface area contributed by atoms with Crippen LogP contribution in [0.1, 0.15) is 33.3 Å². The summed E-state index contributed by atoms with van der Waals surface area (Å²) in [5, 5.41) is 5.35. The van der Waals surface area contributed by atoms with Crippen molar-refractivity contribution in [3.63, 3.8) is 0 Å². The van der Waals surface area contributed by atoms with Crippen molar-refractivity contribution >= 4 is 23.0 Å². The number of ketones is 1. The van der Waals surface area contributed by atoms with Gasteiger partial charge in [0.05, 0.1) is 7.11 Å². The summed E-state index contributed by atoms with van der Waals surface area (Å²) >= 11 is 1.39. The Morgan fingerprint density at radius 1 is 1.15 bits per heavy atom. The van der Waals surface area contributed by atoms with Gasteiger partial charge in [0, 0.05) is 23.1 Å². The molecule has 0 spiro atoms. The molecule has 0 atom stereocenters. The number of amides is 1. The second-order valence-electron chi connectivity index (χ2n) is 6.03. The molecule has 0 saturated heterocycles. The molecule has 0 radical (unpaired) electrons. The average molecular weight is 380 g/mol. The molecule has 1 heterocycles. The smallest absolute Gasteiger partial charge is 0.270 e. The highest BCUT2D eigenvalue weighted by Crippen LogP contribution is 2.24. The Balaban J connectivity index is 1.59. The van der Waals surface area contributed by atoms with Crippen LogP contribution in [-0.4, -0.2) is 30.3 Å². The Bertz CT molecular complexity index is 948. The van der Waals surface area contributed by atoms with Crippen LogP contribution >= 0.6 is 11.3 Å². The minimum atomic E-state index is -0.200. The van der Waals surface area contributed by atoms with Gasteiger partial charge in [-0.05, 0) is 37.1 Å². The van der Waals surface area contributed by atoms with Crippen molar-refractivity contribution in [2.75, 3.05) is 13.7 Å². The number of carbonyl (C=O) groups excluding carboxylic acids is 2. The highest BCUT2D eigenvalue weighted by atomic mass is 32.1. The Hall–Kier alpha value is -2.99. The van der Waals surface area contributed by atoms with Crippen molar-refractivity contribution in [1.82, 2.24) is 10.3 Å². The lowest BCUT2D eigenvalue weighted by atomic mass is 10.1. The average Bonchev–Trinajstić information content (AvgIpc) is 3.19. The van der Waals surface area contributed by atoms with E-state index in [1.807, 2.05) is 36.4 Å². The van der Waals surface area contributed by atoms with E-state index in [9.17, 15) is 9.59 Å². The molecule has 0 saturated carbocycles. The third kappa shape index (κ3) is 4.80. The van der Waals surface area contributed by atoms with Crippen molar-refractivity contribution in [2.24, 2.45) is 0 Å². The predicted octanol–water partition coefficient (Wildman–Crippen LogP) is 3.99. The molecule has 0 aliphatic rings. The molecule has 3 rings (SSSR count). The maximum Gasteiger partial charge on any atom is 0.270 e. The van der Waals surface area contributed by atoms with E-state index in [0.29, 0.717) is 17.8 Å². The lowest BCUT2D eigenvalue weighted by molar-refractivity contribution is 0.0949. The van der Waals surface area contributed by atoms with Gasteiger partial charge in [-0.25, -0.2) is 4.98 Å². The molecule has 1 N–H and O–H groups in total. The van der Waals surface area contributed by atoms with E-state index in [4.69, 9.17) is 4.74 Å². The van der Waals surface area contributed by atoms with Crippen LogP contribution in [-0.2, 0) is 6.42 Å². The number of nitrogens with zero attached hydrogens (tertiary/aromatic N) is 1. The SMILES string of the molecule is COc1ccc(CCNC(=O)c2csc(-c3cccc(C(C)=O)c3)n2)cc1. The largest absolute Gasteiger partial charge is 0.497 e. The number of ether oxygens (including phenoxy) is 1. The molecule has 0 fully saturated rings. The van der Waals surface area contributed by atoms with Crippen molar-refractivity contribution in [3.05, 3.63) is 70.7 Å². The quantitative estimate of drug-likeness (QED) is 0.629. The topological polar surface area (TPSA) is 68.3 Å². The van der Waals surface area contributed by atoms with E-state index in [1.165, 1.54) is 18.3 Å². The molecule has 0 unspecified atom stereocenters. The number of aromatic nitrogens is 1. The summed E-state index contributed by atoms with van der Waals surface area (Å²) in [4.78, 5) is 28.2. The van der Waals surface area contributed by atoms with Crippen molar-refractivity contribution in [3.8, 4) is 16.3 Å². The summed E-state index contributed by atoms with van der Waals surface area (Å²) in [5.74, 6) is 0.616. The van der Waals surface area contributed by atoms with E-state index in [2.05, 4.69) is 10.3 Å². The number of benzene rings is 2. The second kappa shape index (κ2) is 8.60. The number of hydrogen-bond donors (Lipinski definition) is 1. The first kappa shape index (κ1) is 18.8. The predicted molar refractivity (Wildman–Crippen MR) is 107 cm³/mol. The zero-order valence-corrected chi connectivity index (χ0v) is 16.0. The fourth-order valence-electron chi connectivity index (χ4n) is 2.58. The third-order valence-corrected chi connectivity index (χ3v) is 5.00. The van der Waals surface area contributed by atoms with Gasteiger partial charge in [0.1, 0.15) is 16.5 Å². The van der Waals surface area contributed by atoms with Gasteiger partial charge >= 0.3 is 0 Å². The number of hydrogen-bond acceptors (Lipinski definition) is 5. The lowest BCUT2D eigenvalue weighted by Gasteiger charge is -2.05. The molecule has 0 bridgehead atoms. The summed E-state index contributed by atoms with van der Waals surface area (Å²) in [5.41, 5.74) is 2.98. The van der Waals surface area contributed by atoms with Gasteiger partial charge in [-0.1, -0.05) is 30.3 Å². The van der Waals surface area contributed by atoms with Crippen LogP contribution < -0.4 is 10.1 Å². The van der Waals surface area contributed by atoms with Crippen LogP contribution in [0.15, 0.2) is 53.9 Å². The Labute approximate surface area is 162 Å². The van der Waals surface area contributed by atoms with Gasteiger partial charge in [0.15, 0.2) is 5.78 Å². The van der Waals surface area contributed by atoms with Crippen LogP contribution in [0.3, 0.4) is 0 Å². The van der Waals surface area contributed by atoms with E-state index < -0.39 is 0 Å². The fraction of sp³-hybridized carbons (Fsp3) is 0.190. The zero-order valence-electron chi connectivity index (χ0n) is 15.2. The summed E-state index contributed by atoms with van der Waals surface area (Å²) < 4.78 is 5.13. The highest BCUT2D eigenvalue weighted by Gasteiger charge is 2.12. The van der Waals surface area contributed by atoms with Crippen molar-refractivity contribution in [1.29, 1.82) is 0 Å². The van der Waals surface area contributed by atoms with Gasteiger partial charge in [-0.2, -0.15) is 0 Å². The minimum absolute atomic E-state index is 0.00454. The molecule has 1 aromatic heterocycles. The van der Waals surface area contributed by atoms with Crippen LogP contribution in [0.4, 0.5) is 0 Å². The molecular formula is C21H20N2O3S. The molecule has 0 aliphatic carbocycles. The highest BCUT2D eigenvalue weighted by molar-refractivity contribution is 7.13. The van der Waals surface area contributed by atoms with Crippen molar-refractivity contribution in [2.45, 2.75) is 13.3 Å². The van der Waals surface area contributed by atoms with Crippen molar-refractivity contribution < 1.29 is 14.3 Å². The molecule has 6 heteroatoms. The number of Topliss-reactive ketones (excluding diaryl/α,β-unsaturated/α-hetero) is 1. The Morgan fingerprint density at radius 3 is 2.63 bits per heavy atom. The van der Waals surface area contributed by atoms with Gasteiger partial charge in [0.25, 0.3) is 5.91 Å². The monoisotopic (exact) mass is 380 g/mol. The summed E-state index contributed by atoms with van der Waals surface area (Å²) in [6, 6.07) is 15.0. The summed E-state index contributed by atoms with van der Waals surface area (Å²) in [7, 11) is 1.63. The van der Waals surface area contributed by atoms with Gasteiger partial charge < -0.3 is 10.1 Å². The summed E-state index contributed by atoms with van der Waals surface area (Å²) in [6.45, 7) is 2.06. The maximum atomic E-state index is 12.3. The number of rotatable bonds is 7. The number of nitrogens with one attached hydrogen (secondary N) is 1. The molecular weight excluding hydrogens is 360 g/mol. The zero-order chi connectivity index (χ0) is 19.2. The molecule has 27 heavy (non-hydrogen) atoms. The molecule has 0 aliphatic heterocycles. The maximum absolute atomic E-state index is 12.3. The minimum Gasteiger partial charge on any atom is -0.497 e. The van der Waals surface area contributed by atoms with Gasteiger partial charge in [0.2, 0.25) is 0 Å². The van der Waals surface area contributed by atoms with Crippen LogP contribution in [0.25, 0.3) is 10.6 Å². The molecule has 138 valence electrons. The lowest BCUT2D eigenvalue weighted by Crippen LogP contribution is -2.25. The van der Waals surface area contributed by atoms with E-state index in [-0.39, 0.29) is 11.7 Å². The second-order valence-corrected chi connectivity index (χ2v) is 6.89.